The molecule has 0 radical (unpaired) electrons. The van der Waals surface area contributed by atoms with Crippen LogP contribution in [0.15, 0.2) is 42.5 Å². The van der Waals surface area contributed by atoms with Crippen LogP contribution in [0.2, 0.25) is 0 Å². The van der Waals surface area contributed by atoms with Crippen molar-refractivity contribution in [3.8, 4) is 11.5 Å². The fourth-order valence-electron chi connectivity index (χ4n) is 3.48. The van der Waals surface area contributed by atoms with Crippen LogP contribution in [0.5, 0.6) is 11.5 Å². The molecule has 2 N–H and O–H groups in total. The van der Waals surface area contributed by atoms with Gasteiger partial charge in [0.1, 0.15) is 17.1 Å². The van der Waals surface area contributed by atoms with Crippen molar-refractivity contribution in [2.24, 2.45) is 0 Å². The molecule has 1 amide bonds. The fraction of sp³-hybridized carbons (Fsp3) is 0.364. The van der Waals surface area contributed by atoms with Crippen molar-refractivity contribution in [3.05, 3.63) is 48.0 Å². The maximum Gasteiger partial charge on any atom is 0.264 e. The topological polar surface area (TPSA) is 66.1 Å². The summed E-state index contributed by atoms with van der Waals surface area (Å²) in [4.78, 5) is 17.5. The summed E-state index contributed by atoms with van der Waals surface area (Å²) in [6.45, 7) is 7.51. The Morgan fingerprint density at radius 1 is 1.00 bits per heavy atom. The summed E-state index contributed by atoms with van der Waals surface area (Å²) < 4.78 is 10.6. The van der Waals surface area contributed by atoms with E-state index in [0.29, 0.717) is 17.1 Å². The molecule has 0 aliphatic carbocycles. The molecule has 0 saturated carbocycles. The molecule has 0 aromatic heterocycles. The van der Waals surface area contributed by atoms with Crippen molar-refractivity contribution in [1.29, 1.82) is 0 Å². The summed E-state index contributed by atoms with van der Waals surface area (Å²) >= 11 is 5.31. The number of carbonyl (C=O) groups excluding carboxylic acids is 1. The number of hydrogen-bond acceptors (Lipinski definition) is 6. The number of nitrogens with one attached hydrogen (secondary N) is 2. The predicted octanol–water partition coefficient (Wildman–Crippen LogP) is 2.97. The summed E-state index contributed by atoms with van der Waals surface area (Å²) in [5.74, 6) is 0.441. The number of benzene rings is 2. The Kier molecular flexibility index (Phi) is 7.48. The van der Waals surface area contributed by atoms with Gasteiger partial charge in [-0.1, -0.05) is 13.0 Å². The van der Waals surface area contributed by atoms with Crippen LogP contribution in [-0.4, -0.2) is 62.9 Å². The SMILES string of the molecule is CCN1CCN(c2ccc(NC(=S)NC(=O)c3c(OC)cccc3OC)cc2)CC1. The monoisotopic (exact) mass is 428 g/mol. The van der Waals surface area contributed by atoms with Crippen molar-refractivity contribution < 1.29 is 14.3 Å². The number of thiocarbonyl (C=S) groups is 1. The van der Waals surface area contributed by atoms with E-state index in [1.165, 1.54) is 19.9 Å². The van der Waals surface area contributed by atoms with Crippen molar-refractivity contribution >= 4 is 34.6 Å². The van der Waals surface area contributed by atoms with Gasteiger partial charge >= 0.3 is 0 Å². The third kappa shape index (κ3) is 5.20. The smallest absolute Gasteiger partial charge is 0.264 e. The zero-order valence-electron chi connectivity index (χ0n) is 17.6. The molecule has 30 heavy (non-hydrogen) atoms. The zero-order valence-corrected chi connectivity index (χ0v) is 18.4. The molecule has 1 aliphatic heterocycles. The molecule has 8 heteroatoms. The van der Waals surface area contributed by atoms with Crippen LogP contribution in [0.4, 0.5) is 11.4 Å². The Labute approximate surface area is 182 Å². The normalized spacial score (nSPS) is 14.2. The molecular formula is C22H28N4O3S. The van der Waals surface area contributed by atoms with Gasteiger partial charge in [0.05, 0.1) is 14.2 Å². The molecular weight excluding hydrogens is 400 g/mol. The van der Waals surface area contributed by atoms with Crippen LogP contribution in [0.3, 0.4) is 0 Å². The van der Waals surface area contributed by atoms with Crippen LogP contribution < -0.4 is 25.0 Å². The second kappa shape index (κ2) is 10.3. The molecule has 1 fully saturated rings. The van der Waals surface area contributed by atoms with Gasteiger partial charge in [-0.2, -0.15) is 0 Å². The van der Waals surface area contributed by atoms with E-state index >= 15 is 0 Å². The summed E-state index contributed by atoms with van der Waals surface area (Å²) in [6.07, 6.45) is 0. The number of likely N-dealkylation sites (N-methyl/N-ethyl adjacent to an activating group) is 1. The van der Waals surface area contributed by atoms with Gasteiger partial charge < -0.3 is 24.6 Å². The molecule has 2 aromatic rings. The minimum absolute atomic E-state index is 0.206. The van der Waals surface area contributed by atoms with Crippen LogP contribution in [-0.2, 0) is 0 Å². The average molecular weight is 429 g/mol. The van der Waals surface area contributed by atoms with Gasteiger partial charge in [0.25, 0.3) is 5.91 Å². The number of nitrogens with zero attached hydrogens (tertiary/aromatic N) is 2. The average Bonchev–Trinajstić information content (AvgIpc) is 2.78. The quantitative estimate of drug-likeness (QED) is 0.686. The molecule has 160 valence electrons. The van der Waals surface area contributed by atoms with E-state index in [1.807, 2.05) is 12.1 Å². The molecule has 1 heterocycles. The number of amides is 1. The Bertz CT molecular complexity index is 858. The Balaban J connectivity index is 1.60. The molecule has 2 aromatic carbocycles. The van der Waals surface area contributed by atoms with Crippen LogP contribution in [0, 0.1) is 0 Å². The number of piperazine rings is 1. The van der Waals surface area contributed by atoms with Crippen molar-refractivity contribution in [2.45, 2.75) is 6.92 Å². The van der Waals surface area contributed by atoms with Gasteiger partial charge in [0.15, 0.2) is 5.11 Å². The van der Waals surface area contributed by atoms with Gasteiger partial charge in [-0.25, -0.2) is 0 Å². The van der Waals surface area contributed by atoms with E-state index in [4.69, 9.17) is 21.7 Å². The maximum atomic E-state index is 12.7. The highest BCUT2D eigenvalue weighted by Crippen LogP contribution is 2.28. The molecule has 1 aliphatic rings. The minimum Gasteiger partial charge on any atom is -0.496 e. The third-order valence-electron chi connectivity index (χ3n) is 5.19. The van der Waals surface area contributed by atoms with E-state index in [0.717, 1.165) is 38.4 Å². The van der Waals surface area contributed by atoms with Gasteiger partial charge in [-0.05, 0) is 55.2 Å². The molecule has 0 atom stereocenters. The lowest BCUT2D eigenvalue weighted by Gasteiger charge is -2.35. The first kappa shape index (κ1) is 21.9. The molecule has 3 rings (SSSR count). The lowest BCUT2D eigenvalue weighted by molar-refractivity contribution is 0.0971. The fourth-order valence-corrected chi connectivity index (χ4v) is 3.69. The Hall–Kier alpha value is -2.84. The van der Waals surface area contributed by atoms with Crippen molar-refractivity contribution in [1.82, 2.24) is 10.2 Å². The first-order chi connectivity index (χ1) is 14.5. The molecule has 1 saturated heterocycles. The highest BCUT2D eigenvalue weighted by molar-refractivity contribution is 7.80. The second-order valence-corrected chi connectivity index (χ2v) is 7.32. The number of anilines is 2. The van der Waals surface area contributed by atoms with Crippen LogP contribution in [0.1, 0.15) is 17.3 Å². The number of carbonyl (C=O) groups is 1. The number of ether oxygens (including phenoxy) is 2. The van der Waals surface area contributed by atoms with Crippen LogP contribution in [0.25, 0.3) is 0 Å². The van der Waals surface area contributed by atoms with Gasteiger partial charge in [-0.15, -0.1) is 0 Å². The van der Waals surface area contributed by atoms with Gasteiger partial charge in [0, 0.05) is 37.6 Å². The highest BCUT2D eigenvalue weighted by atomic mass is 32.1. The van der Waals surface area contributed by atoms with E-state index in [-0.39, 0.29) is 5.11 Å². The van der Waals surface area contributed by atoms with E-state index in [9.17, 15) is 4.79 Å². The lowest BCUT2D eigenvalue weighted by atomic mass is 10.1. The van der Waals surface area contributed by atoms with Gasteiger partial charge in [0.2, 0.25) is 0 Å². The molecule has 0 spiro atoms. The molecule has 0 bridgehead atoms. The summed E-state index contributed by atoms with van der Waals surface area (Å²) in [5.41, 5.74) is 2.29. The first-order valence-corrected chi connectivity index (χ1v) is 10.4. The minimum atomic E-state index is -0.396. The molecule has 0 unspecified atom stereocenters. The van der Waals surface area contributed by atoms with Gasteiger partial charge in [-0.3, -0.25) is 10.1 Å². The van der Waals surface area contributed by atoms with Crippen molar-refractivity contribution in [3.63, 3.8) is 0 Å². The van der Waals surface area contributed by atoms with Crippen LogP contribution >= 0.6 is 12.2 Å². The Morgan fingerprint density at radius 2 is 1.60 bits per heavy atom. The zero-order chi connectivity index (χ0) is 21.5. The predicted molar refractivity (Wildman–Crippen MR) is 124 cm³/mol. The first-order valence-electron chi connectivity index (χ1n) is 9.96. The molecule has 7 nitrogen and oxygen atoms in total. The second-order valence-electron chi connectivity index (χ2n) is 6.91. The Morgan fingerprint density at radius 3 is 2.13 bits per heavy atom. The largest absolute Gasteiger partial charge is 0.496 e. The lowest BCUT2D eigenvalue weighted by Crippen LogP contribution is -2.46. The number of rotatable bonds is 6. The summed E-state index contributed by atoms with van der Waals surface area (Å²) in [7, 11) is 3.01. The van der Waals surface area contributed by atoms with Crippen molar-refractivity contribution in [2.75, 3.05) is 57.2 Å². The summed E-state index contributed by atoms with van der Waals surface area (Å²) in [5, 5.41) is 5.95. The third-order valence-corrected chi connectivity index (χ3v) is 5.40. The van der Waals surface area contributed by atoms with E-state index in [1.54, 1.807) is 18.2 Å². The highest BCUT2D eigenvalue weighted by Gasteiger charge is 2.19. The van der Waals surface area contributed by atoms with E-state index in [2.05, 4.69) is 39.5 Å². The number of methoxy groups -OCH3 is 2. The standard InChI is InChI=1S/C22H28N4O3S/c1-4-25-12-14-26(15-13-25)17-10-8-16(9-11-17)23-22(30)24-21(27)20-18(28-2)6-5-7-19(20)29-3/h5-11H,4,12-15H2,1-3H3,(H2,23,24,27,30). The van der Waals surface area contributed by atoms with E-state index < -0.39 is 5.91 Å². The maximum absolute atomic E-state index is 12.7. The summed E-state index contributed by atoms with van der Waals surface area (Å²) in [6, 6.07) is 13.2. The number of hydrogen-bond donors (Lipinski definition) is 2.